The average molecular weight is 526 g/mol. The van der Waals surface area contributed by atoms with Crippen LogP contribution in [0.3, 0.4) is 0 Å². The number of carbonyl (C=O) groups is 3. The van der Waals surface area contributed by atoms with Crippen molar-refractivity contribution in [3.8, 4) is 0 Å². The van der Waals surface area contributed by atoms with Crippen LogP contribution in [0.4, 0.5) is 5.69 Å². The number of fused-ring (bicyclic) bond motifs is 1. The van der Waals surface area contributed by atoms with Crippen LogP contribution in [0.15, 0.2) is 43.5 Å². The topological polar surface area (TPSA) is 81.2 Å². The first-order valence-electron chi connectivity index (χ1n) is 13.2. The lowest BCUT2D eigenvalue weighted by Gasteiger charge is -2.38. The molecule has 3 aliphatic rings. The summed E-state index contributed by atoms with van der Waals surface area (Å²) in [6.45, 7) is 14.9. The predicted molar refractivity (Wildman–Crippen MR) is 148 cm³/mol. The third-order valence-corrected chi connectivity index (χ3v) is 10.1. The number of rotatable bonds is 11. The summed E-state index contributed by atoms with van der Waals surface area (Å²) >= 11 is 1.66. The zero-order valence-electron chi connectivity index (χ0n) is 22.2. The van der Waals surface area contributed by atoms with E-state index in [0.29, 0.717) is 26.1 Å². The molecule has 3 amide bonds. The molecule has 1 aromatic carbocycles. The maximum absolute atomic E-state index is 14.5. The molecule has 0 saturated carbocycles. The molecule has 8 heteroatoms. The Morgan fingerprint density at radius 3 is 2.46 bits per heavy atom. The van der Waals surface area contributed by atoms with E-state index in [2.05, 4.69) is 13.2 Å². The quantitative estimate of drug-likeness (QED) is 0.448. The minimum atomic E-state index is -0.747. The van der Waals surface area contributed by atoms with Crippen LogP contribution in [0, 0.1) is 25.7 Å². The zero-order chi connectivity index (χ0) is 26.9. The van der Waals surface area contributed by atoms with Gasteiger partial charge in [-0.3, -0.25) is 14.4 Å². The highest BCUT2D eigenvalue weighted by molar-refractivity contribution is 8.02. The molecule has 3 fully saturated rings. The van der Waals surface area contributed by atoms with E-state index in [-0.39, 0.29) is 36.1 Å². The standard InChI is InChI=1S/C29H39N3O4S/c1-6-14-30(15-7-2)26(34)22-21-12-13-29(37-21)23(22)27(35)32(17-18-33)25(29)28(36)31(16-8-3)24-19(4)10-9-11-20(24)5/h6,8-11,21-23,25,33H,1,3,7,12-18H2,2,4-5H3/t21-,22+,23-,25?,29?/m0/s1. The average Bonchev–Trinajstić information content (AvgIpc) is 3.50. The number of aryl methyl sites for hydroxylation is 2. The van der Waals surface area contributed by atoms with Crippen LogP contribution in [0.25, 0.3) is 0 Å². The zero-order valence-corrected chi connectivity index (χ0v) is 23.0. The van der Waals surface area contributed by atoms with Gasteiger partial charge >= 0.3 is 0 Å². The van der Waals surface area contributed by atoms with E-state index in [1.807, 2.05) is 39.0 Å². The number of hydrogen-bond donors (Lipinski definition) is 1. The molecule has 2 bridgehead atoms. The first kappa shape index (κ1) is 27.5. The van der Waals surface area contributed by atoms with Gasteiger partial charge in [0.1, 0.15) is 6.04 Å². The van der Waals surface area contributed by atoms with Gasteiger partial charge in [0.05, 0.1) is 23.2 Å². The van der Waals surface area contributed by atoms with Crippen molar-refractivity contribution in [2.75, 3.05) is 37.7 Å². The molecule has 7 nitrogen and oxygen atoms in total. The van der Waals surface area contributed by atoms with Crippen molar-refractivity contribution in [3.63, 3.8) is 0 Å². The summed E-state index contributed by atoms with van der Waals surface area (Å²) < 4.78 is -0.684. The number of β-amino-alcohol motifs (C(OH)–C–C–N with tert-alkyl or cyclic N) is 1. The molecule has 0 radical (unpaired) electrons. The number of hydrogen-bond acceptors (Lipinski definition) is 5. The van der Waals surface area contributed by atoms with E-state index in [4.69, 9.17) is 0 Å². The van der Waals surface area contributed by atoms with E-state index in [0.717, 1.165) is 29.7 Å². The van der Waals surface area contributed by atoms with Crippen LogP contribution in [0.1, 0.15) is 37.3 Å². The highest BCUT2D eigenvalue weighted by Gasteiger charge is 2.74. The monoisotopic (exact) mass is 525 g/mol. The summed E-state index contributed by atoms with van der Waals surface area (Å²) in [7, 11) is 0. The first-order valence-corrected chi connectivity index (χ1v) is 14.1. The molecule has 4 rings (SSSR count). The van der Waals surface area contributed by atoms with Crippen molar-refractivity contribution in [1.82, 2.24) is 9.80 Å². The fourth-order valence-electron chi connectivity index (χ4n) is 6.79. The number of para-hydroxylation sites is 1. The molecule has 2 unspecified atom stereocenters. The van der Waals surface area contributed by atoms with Crippen LogP contribution in [0.2, 0.25) is 0 Å². The molecular weight excluding hydrogens is 486 g/mol. The third-order valence-electron chi connectivity index (χ3n) is 8.10. The van der Waals surface area contributed by atoms with Gasteiger partial charge in [0.15, 0.2) is 0 Å². The Balaban J connectivity index is 1.78. The summed E-state index contributed by atoms with van der Waals surface area (Å²) in [4.78, 5) is 47.4. The number of aliphatic hydroxyl groups is 1. The molecule has 1 N–H and O–H groups in total. The summed E-state index contributed by atoms with van der Waals surface area (Å²) in [6.07, 6.45) is 5.74. The molecule has 3 heterocycles. The number of nitrogens with zero attached hydrogens (tertiary/aromatic N) is 3. The molecule has 0 aromatic heterocycles. The fraction of sp³-hybridized carbons (Fsp3) is 0.552. The summed E-state index contributed by atoms with van der Waals surface area (Å²) in [5, 5.41) is 9.90. The van der Waals surface area contributed by atoms with Gasteiger partial charge in [-0.1, -0.05) is 37.3 Å². The Morgan fingerprint density at radius 2 is 1.86 bits per heavy atom. The molecule has 200 valence electrons. The van der Waals surface area contributed by atoms with Gasteiger partial charge in [0.25, 0.3) is 5.91 Å². The number of carbonyl (C=O) groups excluding carboxylic acids is 3. The van der Waals surface area contributed by atoms with Gasteiger partial charge in [-0.05, 0) is 44.2 Å². The first-order chi connectivity index (χ1) is 17.8. The Labute approximate surface area is 224 Å². The largest absolute Gasteiger partial charge is 0.395 e. The summed E-state index contributed by atoms with van der Waals surface area (Å²) in [6, 6.07) is 5.17. The number of likely N-dealkylation sites (tertiary alicyclic amines) is 1. The van der Waals surface area contributed by atoms with Crippen molar-refractivity contribution < 1.29 is 19.5 Å². The fourth-order valence-corrected chi connectivity index (χ4v) is 9.00. The van der Waals surface area contributed by atoms with Crippen LogP contribution >= 0.6 is 11.8 Å². The van der Waals surface area contributed by atoms with E-state index < -0.39 is 22.6 Å². The second-order valence-electron chi connectivity index (χ2n) is 10.4. The van der Waals surface area contributed by atoms with Crippen molar-refractivity contribution in [2.45, 2.75) is 56.1 Å². The minimum Gasteiger partial charge on any atom is -0.395 e. The maximum Gasteiger partial charge on any atom is 0.251 e. The molecule has 1 spiro atoms. The molecule has 3 aliphatic heterocycles. The Kier molecular flexibility index (Phi) is 8.19. The van der Waals surface area contributed by atoms with Gasteiger partial charge < -0.3 is 19.8 Å². The number of benzene rings is 1. The molecule has 37 heavy (non-hydrogen) atoms. The highest BCUT2D eigenvalue weighted by atomic mass is 32.2. The minimum absolute atomic E-state index is 0.00486. The smallest absolute Gasteiger partial charge is 0.251 e. The van der Waals surface area contributed by atoms with Crippen LogP contribution < -0.4 is 4.90 Å². The lowest BCUT2D eigenvalue weighted by Crippen LogP contribution is -2.55. The number of aliphatic hydroxyl groups excluding tert-OH is 1. The molecule has 1 aromatic rings. The van der Waals surface area contributed by atoms with Gasteiger partial charge in [-0.25, -0.2) is 0 Å². The van der Waals surface area contributed by atoms with Crippen molar-refractivity contribution in [1.29, 1.82) is 0 Å². The number of anilines is 1. The molecule has 5 atom stereocenters. The number of amides is 3. The molecule has 3 saturated heterocycles. The normalized spacial score (nSPS) is 27.8. The van der Waals surface area contributed by atoms with Crippen LogP contribution in [-0.4, -0.2) is 81.5 Å². The maximum atomic E-state index is 14.5. The van der Waals surface area contributed by atoms with E-state index in [9.17, 15) is 19.5 Å². The van der Waals surface area contributed by atoms with E-state index in [1.54, 1.807) is 38.6 Å². The lowest BCUT2D eigenvalue weighted by atomic mass is 9.70. The van der Waals surface area contributed by atoms with Gasteiger partial charge in [0, 0.05) is 37.1 Å². The Morgan fingerprint density at radius 1 is 1.19 bits per heavy atom. The second kappa shape index (κ2) is 11.0. The number of thioether (sulfide) groups is 1. The van der Waals surface area contributed by atoms with Gasteiger partial charge in [0.2, 0.25) is 11.8 Å². The Hall–Kier alpha value is -2.58. The SMILES string of the molecule is C=CCN(CCC)C(=O)[C@@H]1[C@@H]2CCC3(S2)C(C(=O)N(CC=C)c2c(C)cccc2C)N(CCO)C(=O)[C@H]13. The van der Waals surface area contributed by atoms with Crippen molar-refractivity contribution in [2.24, 2.45) is 11.8 Å². The van der Waals surface area contributed by atoms with E-state index in [1.165, 1.54) is 0 Å². The predicted octanol–water partition coefficient (Wildman–Crippen LogP) is 3.33. The third kappa shape index (κ3) is 4.42. The molecular formula is C29H39N3O4S. The highest BCUT2D eigenvalue weighted by Crippen LogP contribution is 2.66. The summed E-state index contributed by atoms with van der Waals surface area (Å²) in [5.74, 6) is -1.41. The summed E-state index contributed by atoms with van der Waals surface area (Å²) in [5.41, 5.74) is 2.77. The second-order valence-corrected chi connectivity index (χ2v) is 12.0. The van der Waals surface area contributed by atoms with Gasteiger partial charge in [-0.2, -0.15) is 0 Å². The van der Waals surface area contributed by atoms with Crippen LogP contribution in [0.5, 0.6) is 0 Å². The lowest BCUT2D eigenvalue weighted by molar-refractivity contribution is -0.144. The Bertz CT molecular complexity index is 1070. The van der Waals surface area contributed by atoms with Crippen LogP contribution in [-0.2, 0) is 14.4 Å². The molecule has 0 aliphatic carbocycles. The van der Waals surface area contributed by atoms with E-state index >= 15 is 0 Å². The van der Waals surface area contributed by atoms with Gasteiger partial charge in [-0.15, -0.1) is 24.9 Å². The van der Waals surface area contributed by atoms with Crippen molar-refractivity contribution in [3.05, 3.63) is 54.6 Å². The van der Waals surface area contributed by atoms with Crippen molar-refractivity contribution >= 4 is 35.2 Å².